The van der Waals surface area contributed by atoms with Gasteiger partial charge in [-0.2, -0.15) is 0 Å². The van der Waals surface area contributed by atoms with Crippen LogP contribution in [0.4, 0.5) is 0 Å². The fourth-order valence-electron chi connectivity index (χ4n) is 2.86. The van der Waals surface area contributed by atoms with Crippen molar-refractivity contribution in [2.75, 3.05) is 13.7 Å². The summed E-state index contributed by atoms with van der Waals surface area (Å²) < 4.78 is 4.83. The number of carbonyl (C=O) groups excluding carboxylic acids is 1. The van der Waals surface area contributed by atoms with Crippen molar-refractivity contribution in [3.63, 3.8) is 0 Å². The maximum atomic E-state index is 11.6. The van der Waals surface area contributed by atoms with Crippen LogP contribution in [0.25, 0.3) is 0 Å². The first kappa shape index (κ1) is 13.2. The smallest absolute Gasteiger partial charge is 0.312 e. The van der Waals surface area contributed by atoms with Gasteiger partial charge in [0.05, 0.1) is 13.0 Å². The van der Waals surface area contributed by atoms with Crippen molar-refractivity contribution >= 4 is 5.97 Å². The minimum absolute atomic E-state index is 0.0658. The molecule has 0 aliphatic heterocycles. The number of hydrogen-bond donors (Lipinski definition) is 1. The van der Waals surface area contributed by atoms with Gasteiger partial charge in [-0.15, -0.1) is 0 Å². The first-order valence-electron chi connectivity index (χ1n) is 5.94. The van der Waals surface area contributed by atoms with E-state index in [2.05, 4.69) is 6.92 Å². The molecule has 3 nitrogen and oxygen atoms in total. The number of carbonyl (C=O) groups is 1. The van der Waals surface area contributed by atoms with Crippen molar-refractivity contribution in [1.82, 2.24) is 0 Å². The number of allylic oxidation sites excluding steroid dienone is 1. The molecule has 3 heteroatoms. The summed E-state index contributed by atoms with van der Waals surface area (Å²) in [7, 11) is 1.44. The van der Waals surface area contributed by atoms with E-state index >= 15 is 0 Å². The quantitative estimate of drug-likeness (QED) is 0.591. The average molecular weight is 226 g/mol. The van der Waals surface area contributed by atoms with Crippen molar-refractivity contribution in [3.8, 4) is 0 Å². The minimum atomic E-state index is -0.124. The summed E-state index contributed by atoms with van der Waals surface area (Å²) in [6, 6.07) is 0. The van der Waals surface area contributed by atoms with E-state index in [0.29, 0.717) is 0 Å². The molecule has 0 bridgehead atoms. The van der Waals surface area contributed by atoms with Crippen LogP contribution in [-0.4, -0.2) is 24.8 Å². The maximum absolute atomic E-state index is 11.6. The Morgan fingerprint density at radius 2 is 2.38 bits per heavy atom. The van der Waals surface area contributed by atoms with E-state index in [1.165, 1.54) is 12.7 Å². The van der Waals surface area contributed by atoms with E-state index in [-0.39, 0.29) is 23.9 Å². The number of methoxy groups -OCH3 is 1. The molecule has 1 fully saturated rings. The third-order valence-electron chi connectivity index (χ3n) is 3.74. The predicted octanol–water partition coefficient (Wildman–Crippen LogP) is 2.29. The standard InChI is InChI=1S/C13H22O3/c1-4-11-10(12(15)16-3)6-8-13(11,2)7-5-9-14/h4,10,14H,5-9H2,1-3H3/b11-4-/t10-,13+/m0/s1. The lowest BCUT2D eigenvalue weighted by atomic mass is 9.78. The summed E-state index contributed by atoms with van der Waals surface area (Å²) in [4.78, 5) is 11.6. The molecule has 2 atom stereocenters. The Hall–Kier alpha value is -0.830. The number of hydrogen-bond acceptors (Lipinski definition) is 3. The van der Waals surface area contributed by atoms with Crippen LogP contribution in [0.5, 0.6) is 0 Å². The lowest BCUT2D eigenvalue weighted by Crippen LogP contribution is -2.21. The van der Waals surface area contributed by atoms with Crippen LogP contribution >= 0.6 is 0 Å². The van der Waals surface area contributed by atoms with Gasteiger partial charge in [0.2, 0.25) is 0 Å². The molecular formula is C13H22O3. The first-order chi connectivity index (χ1) is 7.59. The van der Waals surface area contributed by atoms with Crippen LogP contribution in [0.2, 0.25) is 0 Å². The van der Waals surface area contributed by atoms with Crippen molar-refractivity contribution in [2.24, 2.45) is 11.3 Å². The van der Waals surface area contributed by atoms with Crippen molar-refractivity contribution in [1.29, 1.82) is 0 Å². The van der Waals surface area contributed by atoms with Gasteiger partial charge < -0.3 is 9.84 Å². The molecule has 0 spiro atoms. The van der Waals surface area contributed by atoms with Gasteiger partial charge in [0, 0.05) is 6.61 Å². The van der Waals surface area contributed by atoms with Gasteiger partial charge in [-0.3, -0.25) is 4.79 Å². The summed E-state index contributed by atoms with van der Waals surface area (Å²) in [6.07, 6.45) is 5.66. The molecule has 0 aromatic carbocycles. The Kier molecular flexibility index (Phi) is 4.54. The molecule has 1 saturated carbocycles. The van der Waals surface area contributed by atoms with Crippen molar-refractivity contribution in [3.05, 3.63) is 11.6 Å². The molecule has 16 heavy (non-hydrogen) atoms. The molecular weight excluding hydrogens is 204 g/mol. The number of esters is 1. The normalized spacial score (nSPS) is 32.0. The lowest BCUT2D eigenvalue weighted by Gasteiger charge is -2.27. The molecule has 0 aromatic rings. The number of ether oxygens (including phenoxy) is 1. The molecule has 0 amide bonds. The molecule has 1 rings (SSSR count). The van der Waals surface area contributed by atoms with Crippen molar-refractivity contribution in [2.45, 2.75) is 39.5 Å². The zero-order valence-corrected chi connectivity index (χ0v) is 10.5. The van der Waals surface area contributed by atoms with E-state index in [1.54, 1.807) is 0 Å². The second-order valence-electron chi connectivity index (χ2n) is 4.75. The monoisotopic (exact) mass is 226 g/mol. The highest BCUT2D eigenvalue weighted by Crippen LogP contribution is 2.49. The van der Waals surface area contributed by atoms with Gasteiger partial charge >= 0.3 is 5.97 Å². The van der Waals surface area contributed by atoms with E-state index in [1.807, 2.05) is 13.0 Å². The number of rotatable bonds is 4. The zero-order chi connectivity index (χ0) is 12.2. The largest absolute Gasteiger partial charge is 0.469 e. The summed E-state index contributed by atoms with van der Waals surface area (Å²) in [5.74, 6) is -0.195. The molecule has 0 unspecified atom stereocenters. The molecule has 1 N–H and O–H groups in total. The van der Waals surface area contributed by atoms with Crippen LogP contribution in [-0.2, 0) is 9.53 Å². The van der Waals surface area contributed by atoms with Crippen LogP contribution in [0.3, 0.4) is 0 Å². The van der Waals surface area contributed by atoms with Crippen LogP contribution in [0.15, 0.2) is 11.6 Å². The second kappa shape index (κ2) is 5.48. The highest BCUT2D eigenvalue weighted by molar-refractivity contribution is 5.76. The Morgan fingerprint density at radius 3 is 2.88 bits per heavy atom. The Morgan fingerprint density at radius 1 is 1.69 bits per heavy atom. The maximum Gasteiger partial charge on any atom is 0.312 e. The van der Waals surface area contributed by atoms with E-state index < -0.39 is 0 Å². The molecule has 0 aromatic heterocycles. The van der Waals surface area contributed by atoms with Crippen molar-refractivity contribution < 1.29 is 14.6 Å². The summed E-state index contributed by atoms with van der Waals surface area (Å²) in [5, 5.41) is 8.91. The summed E-state index contributed by atoms with van der Waals surface area (Å²) >= 11 is 0. The molecule has 0 radical (unpaired) electrons. The van der Waals surface area contributed by atoms with Gasteiger partial charge in [-0.05, 0) is 38.0 Å². The topological polar surface area (TPSA) is 46.5 Å². The third kappa shape index (κ3) is 2.46. The van der Waals surface area contributed by atoms with E-state index in [4.69, 9.17) is 9.84 Å². The van der Waals surface area contributed by atoms with Crippen LogP contribution in [0, 0.1) is 11.3 Å². The third-order valence-corrected chi connectivity index (χ3v) is 3.74. The minimum Gasteiger partial charge on any atom is -0.469 e. The summed E-state index contributed by atoms with van der Waals surface area (Å²) in [6.45, 7) is 4.38. The lowest BCUT2D eigenvalue weighted by molar-refractivity contribution is -0.143. The van der Waals surface area contributed by atoms with Crippen LogP contribution in [0.1, 0.15) is 39.5 Å². The number of aliphatic hydroxyl groups excluding tert-OH is 1. The Labute approximate surface area is 97.5 Å². The molecule has 0 heterocycles. The highest BCUT2D eigenvalue weighted by Gasteiger charge is 2.42. The highest BCUT2D eigenvalue weighted by atomic mass is 16.5. The molecule has 1 aliphatic carbocycles. The SMILES string of the molecule is C/C=C1/[C@@H](C(=O)OC)CC[C@@]1(C)CCCO. The van der Waals surface area contributed by atoms with Crippen LogP contribution < -0.4 is 0 Å². The van der Waals surface area contributed by atoms with Gasteiger partial charge in [-0.1, -0.05) is 18.6 Å². The first-order valence-corrected chi connectivity index (χ1v) is 5.94. The zero-order valence-electron chi connectivity index (χ0n) is 10.5. The summed E-state index contributed by atoms with van der Waals surface area (Å²) in [5.41, 5.74) is 1.25. The Bertz CT molecular complexity index is 283. The predicted molar refractivity (Wildman–Crippen MR) is 62.9 cm³/mol. The average Bonchev–Trinajstić information content (AvgIpc) is 2.63. The molecule has 1 aliphatic rings. The fourth-order valence-corrected chi connectivity index (χ4v) is 2.86. The van der Waals surface area contributed by atoms with E-state index in [0.717, 1.165) is 25.7 Å². The number of aliphatic hydroxyl groups is 1. The van der Waals surface area contributed by atoms with E-state index in [9.17, 15) is 4.79 Å². The molecule has 0 saturated heterocycles. The fraction of sp³-hybridized carbons (Fsp3) is 0.769. The van der Waals surface area contributed by atoms with Gasteiger partial charge in [0.25, 0.3) is 0 Å². The van der Waals surface area contributed by atoms with Gasteiger partial charge in [0.1, 0.15) is 0 Å². The molecule has 92 valence electrons. The Balaban J connectivity index is 2.80. The second-order valence-corrected chi connectivity index (χ2v) is 4.75. The van der Waals surface area contributed by atoms with Gasteiger partial charge in [-0.25, -0.2) is 0 Å². The van der Waals surface area contributed by atoms with Gasteiger partial charge in [0.15, 0.2) is 0 Å².